The van der Waals surface area contributed by atoms with Gasteiger partial charge in [0.2, 0.25) is 0 Å². The molecule has 1 fully saturated rings. The van der Waals surface area contributed by atoms with Gasteiger partial charge in [-0.05, 0) is 32.2 Å². The molecule has 1 N–H and O–H groups in total. The minimum atomic E-state index is 0.824. The van der Waals surface area contributed by atoms with Crippen LogP contribution in [0.2, 0.25) is 0 Å². The molecular weight excluding hydrogens is 98.1 g/mol. The van der Waals surface area contributed by atoms with E-state index >= 15 is 0 Å². The van der Waals surface area contributed by atoms with Gasteiger partial charge in [0.05, 0.1) is 0 Å². The summed E-state index contributed by atoms with van der Waals surface area (Å²) in [5.74, 6) is 0.965. The zero-order valence-corrected chi connectivity index (χ0v) is 5.78. The highest BCUT2D eigenvalue weighted by atomic mass is 14.9. The average molecular weight is 113 g/mol. The lowest BCUT2D eigenvalue weighted by Gasteiger charge is -2.04. The third kappa shape index (κ3) is 1.22. The average Bonchev–Trinajstić information content (AvgIpc) is 2.14. The van der Waals surface area contributed by atoms with Crippen LogP contribution in [0.3, 0.4) is 0 Å². The molecule has 1 rings (SSSR count). The first-order chi connectivity index (χ1) is 3.83. The molecule has 0 heterocycles. The lowest BCUT2D eigenvalue weighted by atomic mass is 10.1. The Morgan fingerprint density at radius 2 is 2.12 bits per heavy atom. The van der Waals surface area contributed by atoms with Crippen molar-refractivity contribution in [3.63, 3.8) is 0 Å². The highest BCUT2D eigenvalue weighted by Gasteiger charge is 2.18. The molecule has 48 valence electrons. The molecule has 1 unspecified atom stereocenters. The molecule has 1 aliphatic carbocycles. The fourth-order valence-corrected chi connectivity index (χ4v) is 1.47. The largest absolute Gasteiger partial charge is 0.317 e. The molecule has 8 heavy (non-hydrogen) atoms. The third-order valence-electron chi connectivity index (χ3n) is 2.10. The van der Waals surface area contributed by atoms with E-state index in [1.54, 1.807) is 0 Å². The molecule has 1 nitrogen and oxygen atoms in total. The maximum Gasteiger partial charge on any atom is 0.00667 e. The quantitative estimate of drug-likeness (QED) is 0.542. The first kappa shape index (κ1) is 6.09. The van der Waals surface area contributed by atoms with E-state index < -0.39 is 0 Å². The first-order valence-electron chi connectivity index (χ1n) is 3.50. The van der Waals surface area contributed by atoms with E-state index in [1.807, 2.05) is 0 Å². The minimum Gasteiger partial charge on any atom is -0.317 e. The summed E-state index contributed by atoms with van der Waals surface area (Å²) in [5.41, 5.74) is 0. The van der Waals surface area contributed by atoms with Crippen LogP contribution in [0.15, 0.2) is 0 Å². The first-order valence-corrected chi connectivity index (χ1v) is 3.50. The van der Waals surface area contributed by atoms with Gasteiger partial charge in [-0.25, -0.2) is 0 Å². The van der Waals surface area contributed by atoms with E-state index in [1.165, 1.54) is 19.3 Å². The molecule has 0 spiro atoms. The SMILES string of the molecule is CNC1CC[C@H](C)C1. The zero-order valence-electron chi connectivity index (χ0n) is 5.78. The third-order valence-corrected chi connectivity index (χ3v) is 2.10. The molecule has 0 radical (unpaired) electrons. The van der Waals surface area contributed by atoms with E-state index in [9.17, 15) is 0 Å². The Morgan fingerprint density at radius 3 is 2.38 bits per heavy atom. The monoisotopic (exact) mass is 113 g/mol. The normalized spacial score (nSPS) is 38.2. The number of nitrogens with one attached hydrogen (secondary N) is 1. The van der Waals surface area contributed by atoms with Crippen molar-refractivity contribution >= 4 is 0 Å². The fourth-order valence-electron chi connectivity index (χ4n) is 1.47. The maximum atomic E-state index is 3.29. The molecule has 0 aromatic heterocycles. The molecule has 0 aromatic carbocycles. The summed E-state index contributed by atoms with van der Waals surface area (Å²) in [4.78, 5) is 0. The van der Waals surface area contributed by atoms with Crippen LogP contribution < -0.4 is 5.32 Å². The van der Waals surface area contributed by atoms with Crippen LogP contribution in [0.25, 0.3) is 0 Å². The smallest absolute Gasteiger partial charge is 0.00667 e. The van der Waals surface area contributed by atoms with Crippen LogP contribution in [0.5, 0.6) is 0 Å². The van der Waals surface area contributed by atoms with E-state index in [0.29, 0.717) is 0 Å². The van der Waals surface area contributed by atoms with Gasteiger partial charge in [-0.15, -0.1) is 0 Å². The van der Waals surface area contributed by atoms with Crippen LogP contribution in [-0.2, 0) is 0 Å². The van der Waals surface area contributed by atoms with Crippen molar-refractivity contribution in [1.29, 1.82) is 0 Å². The summed E-state index contributed by atoms with van der Waals surface area (Å²) < 4.78 is 0. The summed E-state index contributed by atoms with van der Waals surface area (Å²) >= 11 is 0. The summed E-state index contributed by atoms with van der Waals surface area (Å²) in [6, 6.07) is 0.824. The number of hydrogen-bond acceptors (Lipinski definition) is 1. The molecule has 2 atom stereocenters. The van der Waals surface area contributed by atoms with Crippen LogP contribution >= 0.6 is 0 Å². The van der Waals surface area contributed by atoms with Crippen molar-refractivity contribution < 1.29 is 0 Å². The molecule has 0 bridgehead atoms. The lowest BCUT2D eigenvalue weighted by molar-refractivity contribution is 0.544. The Balaban J connectivity index is 2.22. The molecule has 0 saturated heterocycles. The van der Waals surface area contributed by atoms with Crippen LogP contribution in [0.4, 0.5) is 0 Å². The zero-order chi connectivity index (χ0) is 5.98. The van der Waals surface area contributed by atoms with Gasteiger partial charge < -0.3 is 5.32 Å². The molecule has 1 aliphatic rings. The van der Waals surface area contributed by atoms with Gasteiger partial charge >= 0.3 is 0 Å². The maximum absolute atomic E-state index is 3.29. The molecular formula is C7H15N. The van der Waals surface area contributed by atoms with Crippen molar-refractivity contribution in [3.8, 4) is 0 Å². The summed E-state index contributed by atoms with van der Waals surface area (Å²) in [5, 5.41) is 3.29. The van der Waals surface area contributed by atoms with Crippen LogP contribution in [-0.4, -0.2) is 13.1 Å². The highest BCUT2D eigenvalue weighted by Crippen LogP contribution is 2.23. The van der Waals surface area contributed by atoms with Crippen LogP contribution in [0.1, 0.15) is 26.2 Å². The van der Waals surface area contributed by atoms with Crippen molar-refractivity contribution in [1.82, 2.24) is 5.32 Å². The van der Waals surface area contributed by atoms with E-state index in [0.717, 1.165) is 12.0 Å². The van der Waals surface area contributed by atoms with Gasteiger partial charge in [0.15, 0.2) is 0 Å². The number of hydrogen-bond donors (Lipinski definition) is 1. The van der Waals surface area contributed by atoms with Crippen molar-refractivity contribution in [3.05, 3.63) is 0 Å². The van der Waals surface area contributed by atoms with E-state index in [4.69, 9.17) is 0 Å². The molecule has 0 aromatic rings. The summed E-state index contributed by atoms with van der Waals surface area (Å²) in [7, 11) is 2.06. The Kier molecular flexibility index (Phi) is 1.90. The minimum absolute atomic E-state index is 0.824. The van der Waals surface area contributed by atoms with Crippen molar-refractivity contribution in [2.45, 2.75) is 32.2 Å². The molecule has 1 saturated carbocycles. The van der Waals surface area contributed by atoms with Crippen molar-refractivity contribution in [2.75, 3.05) is 7.05 Å². The Bertz CT molecular complexity index is 70.8. The second kappa shape index (κ2) is 2.49. The van der Waals surface area contributed by atoms with Gasteiger partial charge in [-0.3, -0.25) is 0 Å². The Labute approximate surface area is 51.5 Å². The Morgan fingerprint density at radius 1 is 1.38 bits per heavy atom. The van der Waals surface area contributed by atoms with Gasteiger partial charge in [-0.2, -0.15) is 0 Å². The van der Waals surface area contributed by atoms with Crippen LogP contribution in [0, 0.1) is 5.92 Å². The molecule has 0 aliphatic heterocycles. The fraction of sp³-hybridized carbons (Fsp3) is 1.00. The summed E-state index contributed by atoms with van der Waals surface area (Å²) in [6.07, 6.45) is 4.19. The van der Waals surface area contributed by atoms with Gasteiger partial charge in [0.1, 0.15) is 0 Å². The van der Waals surface area contributed by atoms with Gasteiger partial charge in [0.25, 0.3) is 0 Å². The van der Waals surface area contributed by atoms with E-state index in [-0.39, 0.29) is 0 Å². The van der Waals surface area contributed by atoms with Gasteiger partial charge in [-0.1, -0.05) is 6.92 Å². The predicted octanol–water partition coefficient (Wildman–Crippen LogP) is 1.39. The standard InChI is InChI=1S/C7H15N/c1-6-3-4-7(5-6)8-2/h6-8H,3-5H2,1-2H3/t6-,7?/m0/s1. The van der Waals surface area contributed by atoms with E-state index in [2.05, 4.69) is 19.3 Å². The highest BCUT2D eigenvalue weighted by molar-refractivity contribution is 4.76. The van der Waals surface area contributed by atoms with Crippen molar-refractivity contribution in [2.24, 2.45) is 5.92 Å². The molecule has 1 heteroatoms. The predicted molar refractivity (Wildman–Crippen MR) is 35.9 cm³/mol. The Hall–Kier alpha value is -0.0400. The lowest BCUT2D eigenvalue weighted by Crippen LogP contribution is -2.20. The molecule has 0 amide bonds. The topological polar surface area (TPSA) is 12.0 Å². The summed E-state index contributed by atoms with van der Waals surface area (Å²) in [6.45, 7) is 2.33. The number of rotatable bonds is 1. The second-order valence-electron chi connectivity index (χ2n) is 2.90. The second-order valence-corrected chi connectivity index (χ2v) is 2.90. The van der Waals surface area contributed by atoms with Gasteiger partial charge in [0, 0.05) is 6.04 Å².